The van der Waals surface area contributed by atoms with Gasteiger partial charge in [0.25, 0.3) is 0 Å². The SMILES string of the molecule is Cc1cncc(-c2cn(P)nn2)c1. The van der Waals surface area contributed by atoms with Crippen molar-refractivity contribution in [3.05, 3.63) is 30.2 Å². The summed E-state index contributed by atoms with van der Waals surface area (Å²) in [7, 11) is 2.44. The van der Waals surface area contributed by atoms with Crippen LogP contribution in [0.2, 0.25) is 0 Å². The molecular formula is C8H9N4P. The van der Waals surface area contributed by atoms with E-state index in [1.54, 1.807) is 10.6 Å². The number of hydrogen-bond acceptors (Lipinski definition) is 3. The van der Waals surface area contributed by atoms with Crippen LogP contribution in [0, 0.1) is 6.92 Å². The summed E-state index contributed by atoms with van der Waals surface area (Å²) < 4.78 is 1.59. The zero-order valence-electron chi connectivity index (χ0n) is 7.18. The number of rotatable bonds is 1. The zero-order chi connectivity index (χ0) is 9.26. The van der Waals surface area contributed by atoms with Gasteiger partial charge in [-0.05, 0) is 27.9 Å². The van der Waals surface area contributed by atoms with E-state index in [1.807, 2.05) is 25.4 Å². The molecule has 2 aromatic rings. The molecule has 1 atom stereocenters. The van der Waals surface area contributed by atoms with Crippen LogP contribution in [-0.4, -0.2) is 19.7 Å². The molecule has 0 radical (unpaired) electrons. The van der Waals surface area contributed by atoms with Crippen molar-refractivity contribution < 1.29 is 0 Å². The molecule has 0 bridgehead atoms. The van der Waals surface area contributed by atoms with E-state index in [-0.39, 0.29) is 0 Å². The Hall–Kier alpha value is -1.28. The lowest BCUT2D eigenvalue weighted by atomic mass is 10.2. The second-order valence-electron chi connectivity index (χ2n) is 2.83. The Morgan fingerprint density at radius 1 is 1.38 bits per heavy atom. The lowest BCUT2D eigenvalue weighted by molar-refractivity contribution is 0.892. The second kappa shape index (κ2) is 3.23. The molecule has 0 amide bonds. The average Bonchev–Trinajstić information content (AvgIpc) is 2.52. The van der Waals surface area contributed by atoms with Crippen molar-refractivity contribution >= 4 is 9.39 Å². The van der Waals surface area contributed by atoms with Gasteiger partial charge in [-0.15, -0.1) is 5.10 Å². The molecule has 66 valence electrons. The van der Waals surface area contributed by atoms with Crippen LogP contribution in [0.25, 0.3) is 11.3 Å². The number of pyridine rings is 1. The standard InChI is InChI=1S/C8H9N4P/c1-6-2-7(4-9-3-6)8-5-12(13)11-10-8/h2-5H,13H2,1H3. The first-order valence-electron chi connectivity index (χ1n) is 3.85. The average molecular weight is 192 g/mol. The van der Waals surface area contributed by atoms with Crippen molar-refractivity contribution in [2.75, 3.05) is 0 Å². The van der Waals surface area contributed by atoms with Gasteiger partial charge in [-0.1, -0.05) is 5.21 Å². The Kier molecular flexibility index (Phi) is 2.07. The molecule has 2 rings (SSSR count). The summed E-state index contributed by atoms with van der Waals surface area (Å²) in [4.78, 5) is 4.09. The van der Waals surface area contributed by atoms with Crippen LogP contribution >= 0.6 is 9.39 Å². The minimum absolute atomic E-state index is 0.839. The van der Waals surface area contributed by atoms with Crippen molar-refractivity contribution in [1.29, 1.82) is 0 Å². The second-order valence-corrected chi connectivity index (χ2v) is 3.36. The Balaban J connectivity index is 2.46. The van der Waals surface area contributed by atoms with Gasteiger partial charge in [-0.3, -0.25) is 4.98 Å². The molecule has 0 aliphatic carbocycles. The first-order valence-corrected chi connectivity index (χ1v) is 4.37. The fourth-order valence-corrected chi connectivity index (χ4v) is 1.30. The smallest absolute Gasteiger partial charge is 0.114 e. The summed E-state index contributed by atoms with van der Waals surface area (Å²) in [5.41, 5.74) is 2.95. The zero-order valence-corrected chi connectivity index (χ0v) is 8.33. The molecule has 0 spiro atoms. The van der Waals surface area contributed by atoms with Gasteiger partial charge in [0.15, 0.2) is 0 Å². The van der Waals surface area contributed by atoms with E-state index in [0.29, 0.717) is 0 Å². The molecule has 5 heteroatoms. The van der Waals surface area contributed by atoms with E-state index in [4.69, 9.17) is 0 Å². The highest BCUT2D eigenvalue weighted by atomic mass is 31.0. The molecule has 0 aliphatic rings. The van der Waals surface area contributed by atoms with Crippen molar-refractivity contribution in [3.63, 3.8) is 0 Å². The molecule has 0 saturated heterocycles. The quantitative estimate of drug-likeness (QED) is 0.639. The van der Waals surface area contributed by atoms with E-state index in [9.17, 15) is 0 Å². The highest BCUT2D eigenvalue weighted by Crippen LogP contribution is 2.15. The van der Waals surface area contributed by atoms with Crippen LogP contribution in [-0.2, 0) is 0 Å². The molecule has 0 fully saturated rings. The Morgan fingerprint density at radius 2 is 2.23 bits per heavy atom. The first-order chi connectivity index (χ1) is 6.25. The van der Waals surface area contributed by atoms with Gasteiger partial charge in [-0.2, -0.15) is 0 Å². The number of nitrogens with zero attached hydrogens (tertiary/aromatic N) is 4. The largest absolute Gasteiger partial charge is 0.264 e. The van der Waals surface area contributed by atoms with E-state index in [0.717, 1.165) is 16.8 Å². The fourth-order valence-electron chi connectivity index (χ4n) is 1.10. The van der Waals surface area contributed by atoms with Crippen molar-refractivity contribution in [3.8, 4) is 11.3 Å². The third-order valence-electron chi connectivity index (χ3n) is 1.68. The number of aryl methyl sites for hydroxylation is 1. The Bertz CT molecular complexity index is 424. The minimum Gasteiger partial charge on any atom is -0.264 e. The highest BCUT2D eigenvalue weighted by molar-refractivity contribution is 7.14. The Morgan fingerprint density at radius 3 is 2.85 bits per heavy atom. The first kappa shape index (κ1) is 8.32. The maximum Gasteiger partial charge on any atom is 0.114 e. The van der Waals surface area contributed by atoms with Gasteiger partial charge in [-0.25, -0.2) is 4.45 Å². The van der Waals surface area contributed by atoms with E-state index < -0.39 is 0 Å². The molecule has 0 N–H and O–H groups in total. The maximum absolute atomic E-state index is 4.09. The van der Waals surface area contributed by atoms with Gasteiger partial charge in [0.2, 0.25) is 0 Å². The lowest BCUT2D eigenvalue weighted by Crippen LogP contribution is -1.81. The maximum atomic E-state index is 4.09. The Labute approximate surface area is 78.3 Å². The molecule has 0 saturated carbocycles. The molecule has 0 aromatic carbocycles. The summed E-state index contributed by atoms with van der Waals surface area (Å²) in [5.74, 6) is 0. The van der Waals surface area contributed by atoms with E-state index in [2.05, 4.69) is 24.7 Å². The third-order valence-corrected chi connectivity index (χ3v) is 1.93. The normalized spacial score (nSPS) is 10.3. The van der Waals surface area contributed by atoms with Crippen LogP contribution in [0.1, 0.15) is 5.56 Å². The molecular weight excluding hydrogens is 183 g/mol. The molecule has 1 unspecified atom stereocenters. The van der Waals surface area contributed by atoms with Crippen molar-refractivity contribution in [2.45, 2.75) is 6.92 Å². The van der Waals surface area contributed by atoms with Gasteiger partial charge < -0.3 is 0 Å². The van der Waals surface area contributed by atoms with Crippen LogP contribution in [0.15, 0.2) is 24.7 Å². The summed E-state index contributed by atoms with van der Waals surface area (Å²) in [6, 6.07) is 2.03. The monoisotopic (exact) mass is 192 g/mol. The molecule has 2 aromatic heterocycles. The number of aromatic nitrogens is 4. The van der Waals surface area contributed by atoms with Crippen molar-refractivity contribution in [2.24, 2.45) is 0 Å². The minimum atomic E-state index is 0.839. The summed E-state index contributed by atoms with van der Waals surface area (Å²) >= 11 is 0. The third kappa shape index (κ3) is 1.73. The van der Waals surface area contributed by atoms with Crippen LogP contribution in [0.4, 0.5) is 0 Å². The number of hydrogen-bond donors (Lipinski definition) is 0. The highest BCUT2D eigenvalue weighted by Gasteiger charge is 2.01. The lowest BCUT2D eigenvalue weighted by Gasteiger charge is -1.95. The van der Waals surface area contributed by atoms with Crippen LogP contribution in [0.3, 0.4) is 0 Å². The molecule has 2 heterocycles. The van der Waals surface area contributed by atoms with Crippen molar-refractivity contribution in [1.82, 2.24) is 19.7 Å². The fraction of sp³-hybridized carbons (Fsp3) is 0.125. The van der Waals surface area contributed by atoms with E-state index in [1.165, 1.54) is 0 Å². The van der Waals surface area contributed by atoms with Gasteiger partial charge in [0.05, 0.1) is 6.20 Å². The summed E-state index contributed by atoms with van der Waals surface area (Å²) in [6.07, 6.45) is 5.43. The predicted molar refractivity (Wildman–Crippen MR) is 53.1 cm³/mol. The molecule has 13 heavy (non-hydrogen) atoms. The van der Waals surface area contributed by atoms with Gasteiger partial charge in [0, 0.05) is 18.0 Å². The predicted octanol–water partition coefficient (Wildman–Crippen LogP) is 1.29. The van der Waals surface area contributed by atoms with E-state index >= 15 is 0 Å². The van der Waals surface area contributed by atoms with Gasteiger partial charge in [0.1, 0.15) is 5.69 Å². The summed E-state index contributed by atoms with van der Waals surface area (Å²) in [5, 5.41) is 7.80. The van der Waals surface area contributed by atoms with Gasteiger partial charge >= 0.3 is 0 Å². The summed E-state index contributed by atoms with van der Waals surface area (Å²) in [6.45, 7) is 2.00. The molecule has 0 aliphatic heterocycles. The molecule has 4 nitrogen and oxygen atoms in total. The van der Waals surface area contributed by atoms with Crippen LogP contribution < -0.4 is 0 Å². The topological polar surface area (TPSA) is 43.6 Å². The van der Waals surface area contributed by atoms with Crippen LogP contribution in [0.5, 0.6) is 0 Å².